The first-order valence-corrected chi connectivity index (χ1v) is 6.25. The molecule has 2 rings (SSSR count). The van der Waals surface area contributed by atoms with Crippen molar-refractivity contribution < 1.29 is 13.2 Å². The molecule has 0 fully saturated rings. The zero-order valence-electron chi connectivity index (χ0n) is 9.58. The van der Waals surface area contributed by atoms with Crippen molar-refractivity contribution in [2.24, 2.45) is 0 Å². The van der Waals surface area contributed by atoms with Crippen LogP contribution in [0.5, 0.6) is 0 Å². The Hall–Kier alpha value is -1.56. The van der Waals surface area contributed by atoms with Gasteiger partial charge in [0.05, 0.1) is 11.3 Å². The van der Waals surface area contributed by atoms with Gasteiger partial charge in [-0.3, -0.25) is 0 Å². The first kappa shape index (κ1) is 12.9. The number of hydrogen-bond donors (Lipinski definition) is 1. The second-order valence-corrected chi connectivity index (χ2v) is 4.50. The van der Waals surface area contributed by atoms with E-state index in [0.717, 1.165) is 23.8 Å². The van der Waals surface area contributed by atoms with E-state index in [4.69, 9.17) is 0 Å². The van der Waals surface area contributed by atoms with Crippen LogP contribution in [0.4, 0.5) is 18.3 Å². The highest BCUT2D eigenvalue weighted by Gasteiger charge is 2.30. The lowest BCUT2D eigenvalue weighted by Crippen LogP contribution is -2.04. The summed E-state index contributed by atoms with van der Waals surface area (Å²) in [5, 5.41) is 5.65. The highest BCUT2D eigenvalue weighted by molar-refractivity contribution is 7.14. The molecule has 2 nitrogen and oxygen atoms in total. The maximum atomic E-state index is 12.4. The van der Waals surface area contributed by atoms with Gasteiger partial charge in [0.15, 0.2) is 5.13 Å². The van der Waals surface area contributed by atoms with Gasteiger partial charge in [0.1, 0.15) is 0 Å². The number of anilines is 1. The lowest BCUT2D eigenvalue weighted by molar-refractivity contribution is -0.137. The van der Waals surface area contributed by atoms with E-state index >= 15 is 0 Å². The largest absolute Gasteiger partial charge is 0.416 e. The third-order valence-corrected chi connectivity index (χ3v) is 3.14. The fourth-order valence-corrected chi connectivity index (χ4v) is 2.26. The van der Waals surface area contributed by atoms with Crippen LogP contribution in [0.15, 0.2) is 29.6 Å². The minimum Gasteiger partial charge on any atom is -0.362 e. The van der Waals surface area contributed by atoms with Crippen molar-refractivity contribution in [1.82, 2.24) is 4.98 Å². The number of alkyl halides is 3. The van der Waals surface area contributed by atoms with Crippen LogP contribution in [0, 0.1) is 0 Å². The molecule has 1 aromatic heterocycles. The van der Waals surface area contributed by atoms with Crippen LogP contribution in [0.25, 0.3) is 11.3 Å². The SMILES string of the molecule is CCNc1nc(-c2ccc(C(F)(F)F)cc2)cs1. The molecule has 1 heterocycles. The number of halogens is 3. The Labute approximate surface area is 106 Å². The topological polar surface area (TPSA) is 24.9 Å². The minimum atomic E-state index is -4.30. The molecule has 0 aliphatic carbocycles. The summed E-state index contributed by atoms with van der Waals surface area (Å²) in [7, 11) is 0. The molecule has 0 atom stereocenters. The van der Waals surface area contributed by atoms with E-state index in [9.17, 15) is 13.2 Å². The maximum Gasteiger partial charge on any atom is 0.416 e. The molecular weight excluding hydrogens is 261 g/mol. The van der Waals surface area contributed by atoms with Crippen LogP contribution in [-0.4, -0.2) is 11.5 Å². The number of nitrogens with zero attached hydrogens (tertiary/aromatic N) is 1. The molecule has 0 aliphatic heterocycles. The van der Waals surface area contributed by atoms with E-state index in [1.54, 1.807) is 0 Å². The normalized spacial score (nSPS) is 11.6. The molecule has 1 aromatic carbocycles. The molecule has 0 unspecified atom stereocenters. The fourth-order valence-electron chi connectivity index (χ4n) is 1.47. The lowest BCUT2D eigenvalue weighted by atomic mass is 10.1. The average Bonchev–Trinajstić information content (AvgIpc) is 2.77. The van der Waals surface area contributed by atoms with Crippen LogP contribution < -0.4 is 5.32 Å². The fraction of sp³-hybridized carbons (Fsp3) is 0.250. The third kappa shape index (κ3) is 2.81. The van der Waals surface area contributed by atoms with Crippen LogP contribution in [-0.2, 0) is 6.18 Å². The molecule has 18 heavy (non-hydrogen) atoms. The van der Waals surface area contributed by atoms with Gasteiger partial charge in [-0.15, -0.1) is 11.3 Å². The van der Waals surface area contributed by atoms with Gasteiger partial charge in [0, 0.05) is 17.5 Å². The van der Waals surface area contributed by atoms with Gasteiger partial charge in [0.2, 0.25) is 0 Å². The van der Waals surface area contributed by atoms with Crippen LogP contribution in [0.3, 0.4) is 0 Å². The van der Waals surface area contributed by atoms with Crippen LogP contribution in [0.1, 0.15) is 12.5 Å². The van der Waals surface area contributed by atoms with Crippen molar-refractivity contribution in [3.63, 3.8) is 0 Å². The zero-order chi connectivity index (χ0) is 13.2. The molecule has 0 amide bonds. The average molecular weight is 272 g/mol. The summed E-state index contributed by atoms with van der Waals surface area (Å²) in [6, 6.07) is 5.02. The van der Waals surface area contributed by atoms with Crippen LogP contribution >= 0.6 is 11.3 Å². The van der Waals surface area contributed by atoms with Gasteiger partial charge >= 0.3 is 6.18 Å². The number of thiazole rings is 1. The van der Waals surface area contributed by atoms with Gasteiger partial charge in [0.25, 0.3) is 0 Å². The van der Waals surface area contributed by atoms with Gasteiger partial charge < -0.3 is 5.32 Å². The summed E-state index contributed by atoms with van der Waals surface area (Å²) in [6.07, 6.45) is -4.30. The molecule has 0 saturated heterocycles. The Balaban J connectivity index is 2.23. The Morgan fingerprint density at radius 2 is 1.89 bits per heavy atom. The van der Waals surface area contributed by atoms with E-state index < -0.39 is 11.7 Å². The second-order valence-electron chi connectivity index (χ2n) is 3.64. The molecule has 0 saturated carbocycles. The van der Waals surface area contributed by atoms with E-state index in [1.165, 1.54) is 23.5 Å². The number of benzene rings is 1. The molecular formula is C12H11F3N2S. The number of hydrogen-bond acceptors (Lipinski definition) is 3. The maximum absolute atomic E-state index is 12.4. The van der Waals surface area contributed by atoms with Crippen molar-refractivity contribution in [2.75, 3.05) is 11.9 Å². The van der Waals surface area contributed by atoms with Gasteiger partial charge in [-0.1, -0.05) is 12.1 Å². The van der Waals surface area contributed by atoms with E-state index in [0.29, 0.717) is 11.3 Å². The van der Waals surface area contributed by atoms with Crippen molar-refractivity contribution in [3.05, 3.63) is 35.2 Å². The molecule has 96 valence electrons. The van der Waals surface area contributed by atoms with Gasteiger partial charge in [-0.25, -0.2) is 4.98 Å². The number of rotatable bonds is 3. The summed E-state index contributed by atoms with van der Waals surface area (Å²) < 4.78 is 37.2. The Morgan fingerprint density at radius 1 is 1.22 bits per heavy atom. The van der Waals surface area contributed by atoms with Gasteiger partial charge in [-0.05, 0) is 19.1 Å². The molecule has 2 aromatic rings. The second kappa shape index (κ2) is 4.97. The Morgan fingerprint density at radius 3 is 2.44 bits per heavy atom. The number of aromatic nitrogens is 1. The number of nitrogens with one attached hydrogen (secondary N) is 1. The van der Waals surface area contributed by atoms with E-state index in [-0.39, 0.29) is 0 Å². The molecule has 0 spiro atoms. The Kier molecular flexibility index (Phi) is 3.56. The van der Waals surface area contributed by atoms with E-state index in [2.05, 4.69) is 10.3 Å². The summed E-state index contributed by atoms with van der Waals surface area (Å²) in [5.41, 5.74) is 0.724. The monoisotopic (exact) mass is 272 g/mol. The van der Waals surface area contributed by atoms with Crippen LogP contribution in [0.2, 0.25) is 0 Å². The minimum absolute atomic E-state index is 0.645. The highest BCUT2D eigenvalue weighted by Crippen LogP contribution is 2.31. The molecule has 0 bridgehead atoms. The summed E-state index contributed by atoms with van der Waals surface area (Å²) in [6.45, 7) is 2.72. The molecule has 6 heteroatoms. The first-order chi connectivity index (χ1) is 8.50. The quantitative estimate of drug-likeness (QED) is 0.903. The van der Waals surface area contributed by atoms with Crippen molar-refractivity contribution >= 4 is 16.5 Å². The van der Waals surface area contributed by atoms with Crippen molar-refractivity contribution in [3.8, 4) is 11.3 Å². The smallest absolute Gasteiger partial charge is 0.362 e. The predicted molar refractivity (Wildman–Crippen MR) is 66.7 cm³/mol. The highest BCUT2D eigenvalue weighted by atomic mass is 32.1. The van der Waals surface area contributed by atoms with Gasteiger partial charge in [-0.2, -0.15) is 13.2 Å². The summed E-state index contributed by atoms with van der Waals surface area (Å²) in [4.78, 5) is 4.29. The Bertz CT molecular complexity index is 517. The summed E-state index contributed by atoms with van der Waals surface area (Å²) >= 11 is 1.43. The molecule has 0 aliphatic rings. The standard InChI is InChI=1S/C12H11F3N2S/c1-2-16-11-17-10(7-18-11)8-3-5-9(6-4-8)12(13,14)15/h3-7H,2H2,1H3,(H,16,17). The third-order valence-electron chi connectivity index (χ3n) is 2.34. The van der Waals surface area contributed by atoms with Crippen molar-refractivity contribution in [2.45, 2.75) is 13.1 Å². The first-order valence-electron chi connectivity index (χ1n) is 5.37. The van der Waals surface area contributed by atoms with Crippen molar-refractivity contribution in [1.29, 1.82) is 0 Å². The zero-order valence-corrected chi connectivity index (χ0v) is 10.4. The molecule has 0 radical (unpaired) electrons. The predicted octanol–water partition coefficient (Wildman–Crippen LogP) is 4.26. The van der Waals surface area contributed by atoms with E-state index in [1.807, 2.05) is 12.3 Å². The summed E-state index contributed by atoms with van der Waals surface area (Å²) in [5.74, 6) is 0. The molecule has 1 N–H and O–H groups in total. The lowest BCUT2D eigenvalue weighted by Gasteiger charge is -2.06.